The molecular formula is C13H15N3O2S. The molecule has 0 saturated carbocycles. The number of ether oxygens (including phenoxy) is 1. The topological polar surface area (TPSA) is 64.1 Å². The van der Waals surface area contributed by atoms with Gasteiger partial charge in [-0.15, -0.1) is 10.2 Å². The van der Waals surface area contributed by atoms with Crippen LogP contribution in [0.2, 0.25) is 0 Å². The van der Waals surface area contributed by atoms with E-state index >= 15 is 0 Å². The molecule has 0 bridgehead atoms. The predicted octanol–water partition coefficient (Wildman–Crippen LogP) is 2.39. The Labute approximate surface area is 115 Å². The number of nitrogens with one attached hydrogen (secondary N) is 1. The molecule has 1 aromatic heterocycles. The van der Waals surface area contributed by atoms with Gasteiger partial charge in [-0.25, -0.2) is 0 Å². The summed E-state index contributed by atoms with van der Waals surface area (Å²) in [6.07, 6.45) is -0.538. The molecule has 1 aromatic carbocycles. The second kappa shape index (κ2) is 6.40. The van der Waals surface area contributed by atoms with Gasteiger partial charge in [0.2, 0.25) is 5.13 Å². The van der Waals surface area contributed by atoms with Crippen LogP contribution in [0.1, 0.15) is 17.5 Å². The molecule has 0 aliphatic rings. The second-order valence-electron chi connectivity index (χ2n) is 4.05. The summed E-state index contributed by atoms with van der Waals surface area (Å²) in [7, 11) is 0. The van der Waals surface area contributed by atoms with Gasteiger partial charge in [0.1, 0.15) is 11.1 Å². The standard InChI is InChI=1S/C13H15N3O2S/c1-9(18-8-11-6-4-3-5-7-11)12(17)14-13-16-15-10(2)19-13/h3-7,9H,8H2,1-2H3,(H,14,16,17)/t9-/m1/s1. The molecule has 2 rings (SSSR count). The summed E-state index contributed by atoms with van der Waals surface area (Å²) in [4.78, 5) is 11.8. The van der Waals surface area contributed by atoms with Gasteiger partial charge in [0.15, 0.2) is 0 Å². The minimum Gasteiger partial charge on any atom is -0.364 e. The van der Waals surface area contributed by atoms with Crippen molar-refractivity contribution in [2.24, 2.45) is 0 Å². The normalized spacial score (nSPS) is 12.1. The summed E-state index contributed by atoms with van der Waals surface area (Å²) in [5.74, 6) is -0.216. The lowest BCUT2D eigenvalue weighted by atomic mass is 10.2. The highest BCUT2D eigenvalue weighted by Crippen LogP contribution is 2.14. The van der Waals surface area contributed by atoms with E-state index in [1.54, 1.807) is 6.92 Å². The third-order valence-electron chi connectivity index (χ3n) is 2.47. The van der Waals surface area contributed by atoms with E-state index in [0.717, 1.165) is 10.6 Å². The third kappa shape index (κ3) is 4.11. The van der Waals surface area contributed by atoms with Gasteiger partial charge in [0.25, 0.3) is 5.91 Å². The number of carbonyl (C=O) groups excluding carboxylic acids is 1. The number of rotatable bonds is 5. The van der Waals surface area contributed by atoms with Crippen LogP contribution in [0.25, 0.3) is 0 Å². The first-order chi connectivity index (χ1) is 9.15. The number of aryl methyl sites for hydroxylation is 1. The summed E-state index contributed by atoms with van der Waals surface area (Å²) in [5.41, 5.74) is 1.04. The molecular weight excluding hydrogens is 262 g/mol. The van der Waals surface area contributed by atoms with Crippen LogP contribution >= 0.6 is 11.3 Å². The highest BCUT2D eigenvalue weighted by atomic mass is 32.1. The van der Waals surface area contributed by atoms with Crippen molar-refractivity contribution in [2.45, 2.75) is 26.6 Å². The van der Waals surface area contributed by atoms with Crippen molar-refractivity contribution in [3.8, 4) is 0 Å². The Hall–Kier alpha value is -1.79. The minimum atomic E-state index is -0.538. The Morgan fingerprint density at radius 3 is 2.74 bits per heavy atom. The number of amides is 1. The molecule has 5 nitrogen and oxygen atoms in total. The van der Waals surface area contributed by atoms with Gasteiger partial charge in [-0.05, 0) is 19.4 Å². The van der Waals surface area contributed by atoms with Crippen molar-refractivity contribution < 1.29 is 9.53 Å². The zero-order valence-electron chi connectivity index (χ0n) is 10.8. The fourth-order valence-corrected chi connectivity index (χ4v) is 2.02. The quantitative estimate of drug-likeness (QED) is 0.911. The number of anilines is 1. The van der Waals surface area contributed by atoms with E-state index in [0.29, 0.717) is 11.7 Å². The molecule has 1 heterocycles. The number of nitrogens with zero attached hydrogens (tertiary/aromatic N) is 2. The molecule has 0 spiro atoms. The molecule has 0 unspecified atom stereocenters. The van der Waals surface area contributed by atoms with Gasteiger partial charge in [-0.3, -0.25) is 10.1 Å². The average Bonchev–Trinajstić information content (AvgIpc) is 2.82. The van der Waals surface area contributed by atoms with E-state index in [4.69, 9.17) is 4.74 Å². The minimum absolute atomic E-state index is 0.216. The summed E-state index contributed by atoms with van der Waals surface area (Å²) < 4.78 is 5.51. The molecule has 1 amide bonds. The maximum Gasteiger partial charge on any atom is 0.255 e. The lowest BCUT2D eigenvalue weighted by Gasteiger charge is -2.11. The highest BCUT2D eigenvalue weighted by Gasteiger charge is 2.15. The zero-order valence-corrected chi connectivity index (χ0v) is 11.6. The summed E-state index contributed by atoms with van der Waals surface area (Å²) in [5, 5.41) is 11.7. The van der Waals surface area contributed by atoms with Crippen molar-refractivity contribution in [2.75, 3.05) is 5.32 Å². The summed E-state index contributed by atoms with van der Waals surface area (Å²) in [6.45, 7) is 3.96. The van der Waals surface area contributed by atoms with E-state index in [9.17, 15) is 4.79 Å². The molecule has 19 heavy (non-hydrogen) atoms. The smallest absolute Gasteiger partial charge is 0.255 e. The van der Waals surface area contributed by atoms with Crippen LogP contribution in [0.5, 0.6) is 0 Å². The highest BCUT2D eigenvalue weighted by molar-refractivity contribution is 7.15. The van der Waals surface area contributed by atoms with E-state index in [2.05, 4.69) is 15.5 Å². The molecule has 0 fully saturated rings. The van der Waals surface area contributed by atoms with Crippen LogP contribution in [0, 0.1) is 6.92 Å². The molecule has 1 N–H and O–H groups in total. The SMILES string of the molecule is Cc1nnc(NC(=O)[C@@H](C)OCc2ccccc2)s1. The van der Waals surface area contributed by atoms with Crippen LogP contribution in [0.15, 0.2) is 30.3 Å². The van der Waals surface area contributed by atoms with Gasteiger partial charge in [0, 0.05) is 0 Å². The lowest BCUT2D eigenvalue weighted by Crippen LogP contribution is -2.27. The maximum absolute atomic E-state index is 11.8. The largest absolute Gasteiger partial charge is 0.364 e. The van der Waals surface area contributed by atoms with Crippen LogP contribution in [-0.2, 0) is 16.1 Å². The Balaban J connectivity index is 1.82. The van der Waals surface area contributed by atoms with Gasteiger partial charge in [-0.1, -0.05) is 41.7 Å². The van der Waals surface area contributed by atoms with E-state index in [1.807, 2.05) is 37.3 Å². The monoisotopic (exact) mass is 277 g/mol. The second-order valence-corrected chi connectivity index (χ2v) is 5.24. The summed E-state index contributed by atoms with van der Waals surface area (Å²) in [6, 6.07) is 9.73. The number of aromatic nitrogens is 2. The maximum atomic E-state index is 11.8. The van der Waals surface area contributed by atoms with Gasteiger partial charge < -0.3 is 4.74 Å². The molecule has 0 radical (unpaired) electrons. The van der Waals surface area contributed by atoms with Crippen molar-refractivity contribution >= 4 is 22.4 Å². The average molecular weight is 277 g/mol. The van der Waals surface area contributed by atoms with Crippen molar-refractivity contribution in [1.29, 1.82) is 0 Å². The molecule has 100 valence electrons. The van der Waals surface area contributed by atoms with Crippen LogP contribution in [0.4, 0.5) is 5.13 Å². The molecule has 1 atom stereocenters. The van der Waals surface area contributed by atoms with E-state index in [1.165, 1.54) is 11.3 Å². The van der Waals surface area contributed by atoms with Crippen LogP contribution in [0.3, 0.4) is 0 Å². The lowest BCUT2D eigenvalue weighted by molar-refractivity contribution is -0.127. The van der Waals surface area contributed by atoms with E-state index in [-0.39, 0.29) is 5.91 Å². The molecule has 2 aromatic rings. The number of hydrogen-bond acceptors (Lipinski definition) is 5. The first-order valence-corrected chi connectivity index (χ1v) is 6.73. The molecule has 6 heteroatoms. The zero-order chi connectivity index (χ0) is 13.7. The summed E-state index contributed by atoms with van der Waals surface area (Å²) >= 11 is 1.34. The van der Waals surface area contributed by atoms with Crippen molar-refractivity contribution in [3.63, 3.8) is 0 Å². The van der Waals surface area contributed by atoms with Crippen molar-refractivity contribution in [1.82, 2.24) is 10.2 Å². The number of benzene rings is 1. The molecule has 0 saturated heterocycles. The Bertz CT molecular complexity index is 542. The Kier molecular flexibility index (Phi) is 4.59. The molecule has 0 aliphatic heterocycles. The third-order valence-corrected chi connectivity index (χ3v) is 3.22. The fourth-order valence-electron chi connectivity index (χ4n) is 1.43. The molecule has 0 aliphatic carbocycles. The van der Waals surface area contributed by atoms with Crippen LogP contribution < -0.4 is 5.32 Å². The van der Waals surface area contributed by atoms with Gasteiger partial charge in [0.05, 0.1) is 6.61 Å². The first kappa shape index (κ1) is 13.6. The van der Waals surface area contributed by atoms with Crippen molar-refractivity contribution in [3.05, 3.63) is 40.9 Å². The number of carbonyl (C=O) groups is 1. The van der Waals surface area contributed by atoms with Gasteiger partial charge in [-0.2, -0.15) is 0 Å². The van der Waals surface area contributed by atoms with Crippen LogP contribution in [-0.4, -0.2) is 22.2 Å². The predicted molar refractivity (Wildman–Crippen MR) is 74.0 cm³/mol. The Morgan fingerprint density at radius 1 is 1.37 bits per heavy atom. The first-order valence-electron chi connectivity index (χ1n) is 5.91. The number of hydrogen-bond donors (Lipinski definition) is 1. The fraction of sp³-hybridized carbons (Fsp3) is 0.308. The van der Waals surface area contributed by atoms with E-state index < -0.39 is 6.10 Å². The Morgan fingerprint density at radius 2 is 2.11 bits per heavy atom. The van der Waals surface area contributed by atoms with Gasteiger partial charge >= 0.3 is 0 Å².